The number of amides is 2. The van der Waals surface area contributed by atoms with E-state index in [4.69, 9.17) is 12.2 Å². The Labute approximate surface area is 135 Å². The number of allylic oxidation sites excluding steroid dienone is 7. The van der Waals surface area contributed by atoms with E-state index in [1.165, 1.54) is 9.80 Å². The molecule has 114 valence electrons. The van der Waals surface area contributed by atoms with Crippen LogP contribution >= 0.6 is 12.2 Å². The van der Waals surface area contributed by atoms with E-state index in [1.807, 2.05) is 12.2 Å². The van der Waals surface area contributed by atoms with E-state index in [0.29, 0.717) is 5.57 Å². The predicted molar refractivity (Wildman–Crippen MR) is 91.0 cm³/mol. The Bertz CT molecular complexity index is 629. The van der Waals surface area contributed by atoms with E-state index in [-0.39, 0.29) is 22.5 Å². The summed E-state index contributed by atoms with van der Waals surface area (Å²) in [4.78, 5) is 27.9. The van der Waals surface area contributed by atoms with Crippen molar-refractivity contribution < 1.29 is 9.59 Å². The number of thiocarbonyl (C=S) groups is 1. The second-order valence-electron chi connectivity index (χ2n) is 5.12. The average molecular weight is 314 g/mol. The Morgan fingerprint density at radius 3 is 1.68 bits per heavy atom. The van der Waals surface area contributed by atoms with Gasteiger partial charge in [-0.2, -0.15) is 0 Å². The minimum atomic E-state index is -0.366. The molecular formula is C17H18N2O2S. The first-order valence-electron chi connectivity index (χ1n) is 6.92. The third kappa shape index (κ3) is 2.48. The molecular weight excluding hydrogens is 296 g/mol. The molecule has 2 rings (SSSR count). The summed E-state index contributed by atoms with van der Waals surface area (Å²) >= 11 is 5.12. The van der Waals surface area contributed by atoms with Crippen LogP contribution in [-0.2, 0) is 9.59 Å². The summed E-state index contributed by atoms with van der Waals surface area (Å²) in [6.07, 6.45) is 8.57. The Morgan fingerprint density at radius 1 is 0.909 bits per heavy atom. The second kappa shape index (κ2) is 6.23. The molecule has 1 aliphatic carbocycles. The molecule has 0 aromatic heterocycles. The Hall–Kier alpha value is -2.27. The number of rotatable bonds is 2. The number of hydrogen-bond donors (Lipinski definition) is 0. The van der Waals surface area contributed by atoms with Crippen LogP contribution in [0.1, 0.15) is 12.8 Å². The summed E-state index contributed by atoms with van der Waals surface area (Å²) in [5.41, 5.74) is 2.73. The first kappa shape index (κ1) is 16.1. The fraction of sp³-hybridized carbons (Fsp3) is 0.235. The van der Waals surface area contributed by atoms with Crippen LogP contribution in [-0.4, -0.2) is 40.8 Å². The topological polar surface area (TPSA) is 40.6 Å². The Kier molecular flexibility index (Phi) is 4.56. The van der Waals surface area contributed by atoms with E-state index < -0.39 is 0 Å². The summed E-state index contributed by atoms with van der Waals surface area (Å²) in [5, 5.41) is 0.209. The third-order valence-electron chi connectivity index (χ3n) is 3.80. The summed E-state index contributed by atoms with van der Waals surface area (Å²) in [5.74, 6) is -0.732. The first-order chi connectivity index (χ1) is 10.4. The SMILES string of the molecule is C=C/C=C1\CC/C(=C\C=C)C1=C1C(=O)N(C)C(=S)N(C)C1=O. The van der Waals surface area contributed by atoms with Crippen LogP contribution in [0.2, 0.25) is 0 Å². The Balaban J connectivity index is 2.73. The lowest BCUT2D eigenvalue weighted by molar-refractivity contribution is -0.132. The van der Waals surface area contributed by atoms with E-state index in [0.717, 1.165) is 24.0 Å². The highest BCUT2D eigenvalue weighted by Gasteiger charge is 2.39. The van der Waals surface area contributed by atoms with E-state index in [9.17, 15) is 9.59 Å². The molecule has 0 aromatic carbocycles. The molecule has 0 atom stereocenters. The van der Waals surface area contributed by atoms with Crippen molar-refractivity contribution in [3.63, 3.8) is 0 Å². The zero-order valence-corrected chi connectivity index (χ0v) is 13.6. The van der Waals surface area contributed by atoms with Crippen LogP contribution < -0.4 is 0 Å². The van der Waals surface area contributed by atoms with Crippen molar-refractivity contribution in [3.05, 3.63) is 59.8 Å². The third-order valence-corrected chi connectivity index (χ3v) is 4.35. The molecule has 5 heteroatoms. The monoisotopic (exact) mass is 314 g/mol. The molecule has 1 saturated carbocycles. The molecule has 0 spiro atoms. The van der Waals surface area contributed by atoms with Gasteiger partial charge in [0.25, 0.3) is 11.8 Å². The maximum Gasteiger partial charge on any atom is 0.266 e. The molecule has 2 amide bonds. The molecule has 0 N–H and O–H groups in total. The average Bonchev–Trinajstić information content (AvgIpc) is 2.87. The van der Waals surface area contributed by atoms with Crippen molar-refractivity contribution in [2.24, 2.45) is 0 Å². The van der Waals surface area contributed by atoms with Gasteiger partial charge in [0, 0.05) is 14.1 Å². The maximum absolute atomic E-state index is 12.6. The highest BCUT2D eigenvalue weighted by molar-refractivity contribution is 7.80. The van der Waals surface area contributed by atoms with Crippen molar-refractivity contribution in [2.45, 2.75) is 12.8 Å². The van der Waals surface area contributed by atoms with Crippen LogP contribution in [0.25, 0.3) is 0 Å². The molecule has 1 heterocycles. The first-order valence-corrected chi connectivity index (χ1v) is 7.33. The molecule has 2 fully saturated rings. The van der Waals surface area contributed by atoms with Gasteiger partial charge in [0.2, 0.25) is 0 Å². The van der Waals surface area contributed by atoms with Crippen molar-refractivity contribution >= 4 is 29.1 Å². The molecule has 0 unspecified atom stereocenters. The highest BCUT2D eigenvalue weighted by atomic mass is 32.1. The minimum Gasteiger partial charge on any atom is -0.288 e. The van der Waals surface area contributed by atoms with Crippen LogP contribution in [0.15, 0.2) is 59.8 Å². The number of carbonyl (C=O) groups excluding carboxylic acids is 2. The summed E-state index contributed by atoms with van der Waals surface area (Å²) < 4.78 is 0. The second-order valence-corrected chi connectivity index (χ2v) is 5.48. The van der Waals surface area contributed by atoms with E-state index in [1.54, 1.807) is 26.2 Å². The lowest BCUT2D eigenvalue weighted by atomic mass is 9.96. The quantitative estimate of drug-likeness (QED) is 0.447. The van der Waals surface area contributed by atoms with Gasteiger partial charge in [0.05, 0.1) is 0 Å². The van der Waals surface area contributed by atoms with Gasteiger partial charge in [-0.15, -0.1) is 0 Å². The van der Waals surface area contributed by atoms with Gasteiger partial charge >= 0.3 is 0 Å². The van der Waals surface area contributed by atoms with Crippen LogP contribution in [0, 0.1) is 0 Å². The van der Waals surface area contributed by atoms with Gasteiger partial charge in [-0.3, -0.25) is 19.4 Å². The molecule has 0 aromatic rings. The smallest absolute Gasteiger partial charge is 0.266 e. The molecule has 0 radical (unpaired) electrons. The van der Waals surface area contributed by atoms with E-state index in [2.05, 4.69) is 13.2 Å². The van der Waals surface area contributed by atoms with E-state index >= 15 is 0 Å². The van der Waals surface area contributed by atoms with Crippen LogP contribution in [0.5, 0.6) is 0 Å². The number of carbonyl (C=O) groups is 2. The Morgan fingerprint density at radius 2 is 1.32 bits per heavy atom. The zero-order chi connectivity index (χ0) is 16.4. The minimum absolute atomic E-state index is 0.164. The van der Waals surface area contributed by atoms with Gasteiger partial charge in [0.15, 0.2) is 5.11 Å². The number of nitrogens with zero attached hydrogens (tertiary/aromatic N) is 2. The van der Waals surface area contributed by atoms with Gasteiger partial charge in [-0.1, -0.05) is 37.5 Å². The lowest BCUT2D eigenvalue weighted by Crippen LogP contribution is -2.53. The van der Waals surface area contributed by atoms with Crippen LogP contribution in [0.4, 0.5) is 0 Å². The normalized spacial score (nSPS) is 23.1. The molecule has 1 saturated heterocycles. The largest absolute Gasteiger partial charge is 0.288 e. The van der Waals surface area contributed by atoms with Crippen molar-refractivity contribution in [3.8, 4) is 0 Å². The van der Waals surface area contributed by atoms with Gasteiger partial charge in [0.1, 0.15) is 5.57 Å². The number of likely N-dealkylation sites (N-methyl/N-ethyl adjacent to an activating group) is 2. The molecule has 1 aliphatic heterocycles. The highest BCUT2D eigenvalue weighted by Crippen LogP contribution is 2.39. The van der Waals surface area contributed by atoms with Gasteiger partial charge in [-0.25, -0.2) is 0 Å². The summed E-state index contributed by atoms with van der Waals surface area (Å²) in [6.45, 7) is 7.41. The van der Waals surface area contributed by atoms with Crippen molar-refractivity contribution in [1.82, 2.24) is 9.80 Å². The summed E-state index contributed by atoms with van der Waals surface area (Å²) in [6, 6.07) is 0. The van der Waals surface area contributed by atoms with Gasteiger partial charge < -0.3 is 0 Å². The predicted octanol–water partition coefficient (Wildman–Crippen LogP) is 2.52. The maximum atomic E-state index is 12.6. The molecule has 0 bridgehead atoms. The molecule has 2 aliphatic rings. The fourth-order valence-corrected chi connectivity index (χ4v) is 2.87. The van der Waals surface area contributed by atoms with Crippen molar-refractivity contribution in [2.75, 3.05) is 14.1 Å². The number of hydrogen-bond acceptors (Lipinski definition) is 3. The van der Waals surface area contributed by atoms with Crippen LogP contribution in [0.3, 0.4) is 0 Å². The molecule has 22 heavy (non-hydrogen) atoms. The lowest BCUT2D eigenvalue weighted by Gasteiger charge is -2.33. The standard InChI is InChI=1S/C17H18N2O2S/c1-5-7-11-9-10-12(8-6-2)13(11)14-15(20)18(3)17(22)19(4)16(14)21/h5-8H,1-2,9-10H2,3-4H3/b11-7+,12-8+. The fourth-order valence-electron chi connectivity index (χ4n) is 2.70. The van der Waals surface area contributed by atoms with Crippen molar-refractivity contribution in [1.29, 1.82) is 0 Å². The molecule has 4 nitrogen and oxygen atoms in total. The van der Waals surface area contributed by atoms with Gasteiger partial charge in [-0.05, 0) is 41.8 Å². The zero-order valence-electron chi connectivity index (χ0n) is 12.8. The summed E-state index contributed by atoms with van der Waals surface area (Å²) in [7, 11) is 3.16.